The highest BCUT2D eigenvalue weighted by atomic mass is 32.2. The zero-order valence-corrected chi connectivity index (χ0v) is 15.7. The second-order valence-electron chi connectivity index (χ2n) is 6.72. The number of piperidine rings is 1. The Bertz CT molecular complexity index is 840. The van der Waals surface area contributed by atoms with Gasteiger partial charge in [-0.05, 0) is 37.5 Å². The molecule has 0 saturated carbocycles. The van der Waals surface area contributed by atoms with Crippen molar-refractivity contribution in [1.82, 2.24) is 9.62 Å². The summed E-state index contributed by atoms with van der Waals surface area (Å²) in [6.45, 7) is 2.78. The van der Waals surface area contributed by atoms with Gasteiger partial charge in [0.05, 0.1) is 11.3 Å². The van der Waals surface area contributed by atoms with Gasteiger partial charge in [0.25, 0.3) is 0 Å². The molecular weight excluding hydrogens is 348 g/mol. The lowest BCUT2D eigenvalue weighted by atomic mass is 10.1. The molecule has 0 aromatic heterocycles. The largest absolute Gasteiger partial charge is 0.353 e. The number of hydrogen-bond acceptors (Lipinski definition) is 3. The molecule has 26 heavy (non-hydrogen) atoms. The minimum atomic E-state index is -3.46. The summed E-state index contributed by atoms with van der Waals surface area (Å²) in [6.07, 6.45) is 1.61. The zero-order valence-electron chi connectivity index (χ0n) is 14.9. The van der Waals surface area contributed by atoms with Crippen LogP contribution < -0.4 is 5.32 Å². The van der Waals surface area contributed by atoms with E-state index in [1.54, 1.807) is 12.1 Å². The van der Waals surface area contributed by atoms with Crippen LogP contribution >= 0.6 is 0 Å². The molecule has 0 spiro atoms. The highest BCUT2D eigenvalue weighted by Gasteiger charge is 2.29. The number of sulfonamides is 1. The first-order chi connectivity index (χ1) is 12.4. The van der Waals surface area contributed by atoms with Crippen molar-refractivity contribution in [3.8, 4) is 0 Å². The first-order valence-electron chi connectivity index (χ1n) is 8.85. The molecule has 1 aliphatic heterocycles. The molecule has 6 heteroatoms. The normalized spacial score (nSPS) is 16.3. The van der Waals surface area contributed by atoms with Crippen LogP contribution in [-0.4, -0.2) is 37.8 Å². The second kappa shape index (κ2) is 8.01. The molecule has 1 N–H and O–H groups in total. The van der Waals surface area contributed by atoms with Gasteiger partial charge in [-0.25, -0.2) is 8.42 Å². The number of hydrogen-bond donors (Lipinski definition) is 1. The number of rotatable bonds is 5. The monoisotopic (exact) mass is 372 g/mol. The number of carbonyl (C=O) groups is 1. The third-order valence-electron chi connectivity index (χ3n) is 4.69. The average Bonchev–Trinajstić information content (AvgIpc) is 2.63. The van der Waals surface area contributed by atoms with Crippen molar-refractivity contribution in [3.05, 3.63) is 65.7 Å². The van der Waals surface area contributed by atoms with Crippen molar-refractivity contribution >= 4 is 15.9 Å². The van der Waals surface area contributed by atoms with E-state index in [2.05, 4.69) is 5.32 Å². The maximum absolute atomic E-state index is 12.7. The molecule has 1 fully saturated rings. The predicted molar refractivity (Wildman–Crippen MR) is 101 cm³/mol. The molecule has 1 saturated heterocycles. The molecule has 138 valence electrons. The van der Waals surface area contributed by atoms with Gasteiger partial charge in [-0.15, -0.1) is 0 Å². The minimum absolute atomic E-state index is 0.0176. The van der Waals surface area contributed by atoms with Gasteiger partial charge in [0.15, 0.2) is 0 Å². The molecule has 2 aromatic carbocycles. The number of nitrogens with one attached hydrogen (secondary N) is 1. The number of benzene rings is 2. The van der Waals surface area contributed by atoms with E-state index in [0.29, 0.717) is 37.2 Å². The van der Waals surface area contributed by atoms with Gasteiger partial charge in [-0.1, -0.05) is 48.0 Å². The molecular formula is C20H24N2O3S. The van der Waals surface area contributed by atoms with E-state index in [9.17, 15) is 13.2 Å². The third-order valence-corrected chi connectivity index (χ3v) is 6.60. The Morgan fingerprint density at radius 1 is 1.04 bits per heavy atom. The van der Waals surface area contributed by atoms with Gasteiger partial charge in [0.2, 0.25) is 15.9 Å². The Balaban J connectivity index is 1.54. The molecule has 2 aromatic rings. The molecule has 0 aliphatic carbocycles. The van der Waals surface area contributed by atoms with Crippen LogP contribution in [0, 0.1) is 6.92 Å². The molecule has 1 aliphatic rings. The first kappa shape index (κ1) is 18.6. The van der Waals surface area contributed by atoms with E-state index in [-0.39, 0.29) is 11.9 Å². The van der Waals surface area contributed by atoms with Crippen molar-refractivity contribution in [2.24, 2.45) is 0 Å². The molecule has 0 unspecified atom stereocenters. The van der Waals surface area contributed by atoms with E-state index in [4.69, 9.17) is 0 Å². The summed E-state index contributed by atoms with van der Waals surface area (Å²) < 4.78 is 26.9. The van der Waals surface area contributed by atoms with E-state index >= 15 is 0 Å². The van der Waals surface area contributed by atoms with Crippen LogP contribution in [0.25, 0.3) is 0 Å². The van der Waals surface area contributed by atoms with Crippen molar-refractivity contribution < 1.29 is 13.2 Å². The quantitative estimate of drug-likeness (QED) is 0.877. The number of carbonyl (C=O) groups excluding carboxylic acids is 1. The number of nitrogens with zero attached hydrogens (tertiary/aromatic N) is 1. The van der Waals surface area contributed by atoms with Crippen LogP contribution in [0.2, 0.25) is 0 Å². The van der Waals surface area contributed by atoms with Gasteiger partial charge in [0.1, 0.15) is 0 Å². The fourth-order valence-corrected chi connectivity index (χ4v) is 4.63. The molecule has 5 nitrogen and oxygen atoms in total. The smallest absolute Gasteiger partial charge is 0.243 e. The van der Waals surface area contributed by atoms with E-state index in [0.717, 1.165) is 11.1 Å². The van der Waals surface area contributed by atoms with E-state index in [1.165, 1.54) is 4.31 Å². The summed E-state index contributed by atoms with van der Waals surface area (Å²) in [5.41, 5.74) is 2.01. The van der Waals surface area contributed by atoms with E-state index < -0.39 is 10.0 Å². The Labute approximate surface area is 155 Å². The highest BCUT2D eigenvalue weighted by molar-refractivity contribution is 7.89. The summed E-state index contributed by atoms with van der Waals surface area (Å²) in [5, 5.41) is 3.03. The van der Waals surface area contributed by atoms with Crippen LogP contribution in [0.4, 0.5) is 0 Å². The fourth-order valence-electron chi connectivity index (χ4n) is 3.16. The van der Waals surface area contributed by atoms with Crippen LogP contribution in [0.3, 0.4) is 0 Å². The Hall–Kier alpha value is -2.18. The SMILES string of the molecule is Cc1ccc(S(=O)(=O)N2CCC(NC(=O)Cc3ccccc3)CC2)cc1. The summed E-state index contributed by atoms with van der Waals surface area (Å²) in [6, 6.07) is 16.5. The summed E-state index contributed by atoms with van der Waals surface area (Å²) in [5.74, 6) is -0.0176. The lowest BCUT2D eigenvalue weighted by Crippen LogP contribution is -2.46. The average molecular weight is 372 g/mol. The summed E-state index contributed by atoms with van der Waals surface area (Å²) in [7, 11) is -3.46. The maximum Gasteiger partial charge on any atom is 0.243 e. The Kier molecular flexibility index (Phi) is 5.74. The topological polar surface area (TPSA) is 66.5 Å². The lowest BCUT2D eigenvalue weighted by Gasteiger charge is -2.31. The van der Waals surface area contributed by atoms with Crippen molar-refractivity contribution in [2.45, 2.75) is 37.1 Å². The van der Waals surface area contributed by atoms with Crippen molar-refractivity contribution in [1.29, 1.82) is 0 Å². The Morgan fingerprint density at radius 3 is 2.27 bits per heavy atom. The minimum Gasteiger partial charge on any atom is -0.353 e. The second-order valence-corrected chi connectivity index (χ2v) is 8.66. The van der Waals surface area contributed by atoms with Gasteiger partial charge in [-0.3, -0.25) is 4.79 Å². The predicted octanol–water partition coefficient (Wildman–Crippen LogP) is 2.51. The van der Waals surface area contributed by atoms with Crippen LogP contribution in [0.1, 0.15) is 24.0 Å². The first-order valence-corrected chi connectivity index (χ1v) is 10.3. The molecule has 1 heterocycles. The van der Waals surface area contributed by atoms with Crippen molar-refractivity contribution in [2.75, 3.05) is 13.1 Å². The number of aryl methyl sites for hydroxylation is 1. The highest BCUT2D eigenvalue weighted by Crippen LogP contribution is 2.21. The molecule has 3 rings (SSSR count). The van der Waals surface area contributed by atoms with Gasteiger partial charge in [0, 0.05) is 19.1 Å². The fraction of sp³-hybridized carbons (Fsp3) is 0.350. The summed E-state index contributed by atoms with van der Waals surface area (Å²) in [4.78, 5) is 12.5. The van der Waals surface area contributed by atoms with Crippen molar-refractivity contribution in [3.63, 3.8) is 0 Å². The zero-order chi connectivity index (χ0) is 18.6. The summed E-state index contributed by atoms with van der Waals surface area (Å²) >= 11 is 0. The van der Waals surface area contributed by atoms with Crippen LogP contribution in [0.15, 0.2) is 59.5 Å². The molecule has 0 atom stereocenters. The standard InChI is InChI=1S/C20H24N2O3S/c1-16-7-9-19(10-8-16)26(24,25)22-13-11-18(12-14-22)21-20(23)15-17-5-3-2-4-6-17/h2-10,18H,11-15H2,1H3,(H,21,23). The van der Waals surface area contributed by atoms with Crippen LogP contribution in [0.5, 0.6) is 0 Å². The molecule has 0 bridgehead atoms. The Morgan fingerprint density at radius 2 is 1.65 bits per heavy atom. The molecule has 0 radical (unpaired) electrons. The van der Waals surface area contributed by atoms with Gasteiger partial charge in [-0.2, -0.15) is 4.31 Å². The third kappa shape index (κ3) is 4.51. The maximum atomic E-state index is 12.7. The van der Waals surface area contributed by atoms with Gasteiger partial charge >= 0.3 is 0 Å². The molecule has 1 amide bonds. The number of amides is 1. The van der Waals surface area contributed by atoms with Crippen LogP contribution in [-0.2, 0) is 21.2 Å². The lowest BCUT2D eigenvalue weighted by molar-refractivity contribution is -0.121. The van der Waals surface area contributed by atoms with Gasteiger partial charge < -0.3 is 5.32 Å². The van der Waals surface area contributed by atoms with E-state index in [1.807, 2.05) is 49.4 Å².